The van der Waals surface area contributed by atoms with Crippen molar-refractivity contribution >= 4 is 21.6 Å². The van der Waals surface area contributed by atoms with Crippen LogP contribution in [0.3, 0.4) is 0 Å². The van der Waals surface area contributed by atoms with Gasteiger partial charge in [0.15, 0.2) is 0 Å². The van der Waals surface area contributed by atoms with Crippen LogP contribution < -0.4 is 10.6 Å². The molecule has 1 aliphatic carbocycles. The summed E-state index contributed by atoms with van der Waals surface area (Å²) in [6, 6.07) is 7.50. The average molecular weight is 352 g/mol. The van der Waals surface area contributed by atoms with E-state index in [4.69, 9.17) is 5.73 Å². The van der Waals surface area contributed by atoms with Crippen LogP contribution >= 0.6 is 15.9 Å². The van der Waals surface area contributed by atoms with E-state index in [1.54, 1.807) is 0 Å². The van der Waals surface area contributed by atoms with Gasteiger partial charge in [-0.15, -0.1) is 0 Å². The highest BCUT2D eigenvalue weighted by Crippen LogP contribution is 2.31. The van der Waals surface area contributed by atoms with E-state index in [0.717, 1.165) is 19.1 Å². The summed E-state index contributed by atoms with van der Waals surface area (Å²) in [5.74, 6) is 0. The average Bonchev–Trinajstić information content (AvgIpc) is 3.01. The Morgan fingerprint density at radius 1 is 1.14 bits per heavy atom. The van der Waals surface area contributed by atoms with Crippen LogP contribution in [0.15, 0.2) is 22.7 Å². The van der Waals surface area contributed by atoms with Gasteiger partial charge in [-0.2, -0.15) is 0 Å². The van der Waals surface area contributed by atoms with Gasteiger partial charge in [-0.05, 0) is 53.4 Å². The molecule has 116 valence electrons. The van der Waals surface area contributed by atoms with Crippen LogP contribution in [0.5, 0.6) is 0 Å². The molecule has 4 heteroatoms. The lowest BCUT2D eigenvalue weighted by Gasteiger charge is -2.39. The van der Waals surface area contributed by atoms with Crippen LogP contribution in [0.1, 0.15) is 44.2 Å². The molecule has 1 aliphatic heterocycles. The van der Waals surface area contributed by atoms with Crippen molar-refractivity contribution in [1.82, 2.24) is 4.90 Å². The third kappa shape index (κ3) is 3.43. The minimum atomic E-state index is 0.0922. The topological polar surface area (TPSA) is 32.5 Å². The molecule has 0 bridgehead atoms. The van der Waals surface area contributed by atoms with Crippen LogP contribution in [0.4, 0.5) is 5.69 Å². The van der Waals surface area contributed by atoms with Gasteiger partial charge >= 0.3 is 0 Å². The fraction of sp³-hybridized carbons (Fsp3) is 0.647. The van der Waals surface area contributed by atoms with Crippen LogP contribution in [-0.4, -0.2) is 37.1 Å². The van der Waals surface area contributed by atoms with Crippen LogP contribution in [0, 0.1) is 0 Å². The Hall–Kier alpha value is -0.580. The zero-order chi connectivity index (χ0) is 14.8. The largest absolute Gasteiger partial charge is 0.368 e. The van der Waals surface area contributed by atoms with Crippen LogP contribution in [0.2, 0.25) is 0 Å². The molecule has 0 unspecified atom stereocenters. The number of nitrogens with two attached hydrogens (primary N) is 1. The van der Waals surface area contributed by atoms with Gasteiger partial charge < -0.3 is 10.6 Å². The van der Waals surface area contributed by atoms with Crippen molar-refractivity contribution in [2.75, 3.05) is 31.1 Å². The van der Waals surface area contributed by atoms with E-state index in [-0.39, 0.29) is 6.04 Å². The molecule has 0 spiro atoms. The molecule has 2 aliphatic rings. The molecule has 0 amide bonds. The third-order valence-corrected chi connectivity index (χ3v) is 5.63. The van der Waals surface area contributed by atoms with E-state index in [0.29, 0.717) is 0 Å². The lowest BCUT2D eigenvalue weighted by molar-refractivity contribution is 0.187. The second kappa shape index (κ2) is 6.67. The predicted molar refractivity (Wildman–Crippen MR) is 92.8 cm³/mol. The normalized spacial score (nSPS) is 22.7. The van der Waals surface area contributed by atoms with Gasteiger partial charge in [-0.25, -0.2) is 0 Å². The minimum absolute atomic E-state index is 0.0922. The highest BCUT2D eigenvalue weighted by molar-refractivity contribution is 9.10. The summed E-state index contributed by atoms with van der Waals surface area (Å²) in [6.07, 6.45) is 5.67. The number of benzene rings is 1. The Morgan fingerprint density at radius 2 is 1.81 bits per heavy atom. The maximum Gasteiger partial charge on any atom is 0.0511 e. The van der Waals surface area contributed by atoms with E-state index in [1.807, 2.05) is 6.92 Å². The van der Waals surface area contributed by atoms with E-state index in [2.05, 4.69) is 43.9 Å². The van der Waals surface area contributed by atoms with Gasteiger partial charge in [-0.3, -0.25) is 4.90 Å². The van der Waals surface area contributed by atoms with Crippen molar-refractivity contribution < 1.29 is 0 Å². The second-order valence-electron chi connectivity index (χ2n) is 6.46. The van der Waals surface area contributed by atoms with E-state index in [1.165, 1.54) is 54.5 Å². The molecule has 3 nitrogen and oxygen atoms in total. The Balaban J connectivity index is 1.63. The molecule has 0 radical (unpaired) electrons. The molecule has 1 saturated carbocycles. The zero-order valence-electron chi connectivity index (χ0n) is 12.9. The maximum absolute atomic E-state index is 5.96. The number of nitrogens with zero attached hydrogens (tertiary/aromatic N) is 2. The first-order chi connectivity index (χ1) is 10.1. The fourth-order valence-corrected chi connectivity index (χ4v) is 4.31. The molecular formula is C17H26BrN3. The summed E-state index contributed by atoms with van der Waals surface area (Å²) >= 11 is 3.72. The molecule has 1 aromatic rings. The predicted octanol–water partition coefficient (Wildman–Crippen LogP) is 3.53. The maximum atomic E-state index is 5.96. The summed E-state index contributed by atoms with van der Waals surface area (Å²) in [5, 5.41) is 0. The zero-order valence-corrected chi connectivity index (χ0v) is 14.5. The molecule has 21 heavy (non-hydrogen) atoms. The number of halogens is 1. The Labute approximate surface area is 136 Å². The monoisotopic (exact) mass is 351 g/mol. The van der Waals surface area contributed by atoms with Gasteiger partial charge in [0.05, 0.1) is 5.69 Å². The second-order valence-corrected chi connectivity index (χ2v) is 7.32. The van der Waals surface area contributed by atoms with Gasteiger partial charge in [0.1, 0.15) is 0 Å². The minimum Gasteiger partial charge on any atom is -0.368 e. The highest BCUT2D eigenvalue weighted by atomic mass is 79.9. The SMILES string of the molecule is C[C@H](N)c1ccc(N2CCN(C3CCCC3)CC2)c(Br)c1. The van der Waals surface area contributed by atoms with Gasteiger partial charge in [-0.1, -0.05) is 18.9 Å². The molecule has 1 saturated heterocycles. The summed E-state index contributed by atoms with van der Waals surface area (Å²) in [4.78, 5) is 5.20. The number of rotatable bonds is 3. The number of piperazine rings is 1. The molecular weight excluding hydrogens is 326 g/mol. The quantitative estimate of drug-likeness (QED) is 0.903. The van der Waals surface area contributed by atoms with Gasteiger partial charge in [0.25, 0.3) is 0 Å². The molecule has 1 heterocycles. The smallest absolute Gasteiger partial charge is 0.0511 e. The fourth-order valence-electron chi connectivity index (χ4n) is 3.66. The van der Waals surface area contributed by atoms with E-state index in [9.17, 15) is 0 Å². The van der Waals surface area contributed by atoms with Crippen molar-refractivity contribution in [2.45, 2.75) is 44.7 Å². The molecule has 3 rings (SSSR count). The Morgan fingerprint density at radius 3 is 2.38 bits per heavy atom. The van der Waals surface area contributed by atoms with E-state index < -0.39 is 0 Å². The van der Waals surface area contributed by atoms with Crippen molar-refractivity contribution in [1.29, 1.82) is 0 Å². The molecule has 2 fully saturated rings. The standard InChI is InChI=1S/C17H26BrN3/c1-13(19)14-6-7-17(16(18)12-14)21-10-8-20(9-11-21)15-4-2-3-5-15/h6-7,12-13,15H,2-5,8-11,19H2,1H3/t13-/m0/s1. The van der Waals surface area contributed by atoms with Gasteiger partial charge in [0.2, 0.25) is 0 Å². The first-order valence-corrected chi connectivity index (χ1v) is 8.98. The summed E-state index contributed by atoms with van der Waals surface area (Å²) < 4.78 is 1.17. The first-order valence-electron chi connectivity index (χ1n) is 8.19. The summed E-state index contributed by atoms with van der Waals surface area (Å²) in [5.41, 5.74) is 8.46. The van der Waals surface area contributed by atoms with Crippen LogP contribution in [0.25, 0.3) is 0 Å². The Kier molecular flexibility index (Phi) is 4.87. The molecule has 2 N–H and O–H groups in total. The number of hydrogen-bond donors (Lipinski definition) is 1. The first kappa shape index (κ1) is 15.3. The van der Waals surface area contributed by atoms with Crippen molar-refractivity contribution in [3.63, 3.8) is 0 Å². The lowest BCUT2D eigenvalue weighted by atomic mass is 10.1. The third-order valence-electron chi connectivity index (χ3n) is 4.99. The Bertz CT molecular complexity index is 475. The van der Waals surface area contributed by atoms with Crippen LogP contribution in [-0.2, 0) is 0 Å². The summed E-state index contributed by atoms with van der Waals surface area (Å²) in [7, 11) is 0. The highest BCUT2D eigenvalue weighted by Gasteiger charge is 2.26. The van der Waals surface area contributed by atoms with Gasteiger partial charge in [0, 0.05) is 42.7 Å². The molecule has 1 aromatic carbocycles. The number of hydrogen-bond acceptors (Lipinski definition) is 3. The van der Waals surface area contributed by atoms with Crippen molar-refractivity contribution in [3.05, 3.63) is 28.2 Å². The summed E-state index contributed by atoms with van der Waals surface area (Å²) in [6.45, 7) is 6.69. The van der Waals surface area contributed by atoms with Crippen molar-refractivity contribution in [2.24, 2.45) is 5.73 Å². The molecule has 0 aromatic heterocycles. The molecule has 1 atom stereocenters. The van der Waals surface area contributed by atoms with E-state index >= 15 is 0 Å². The number of anilines is 1. The lowest BCUT2D eigenvalue weighted by Crippen LogP contribution is -2.49. The van der Waals surface area contributed by atoms with Crippen molar-refractivity contribution in [3.8, 4) is 0 Å².